The van der Waals surface area contributed by atoms with Gasteiger partial charge in [-0.1, -0.05) is 51.1 Å². The number of esters is 3. The average molecular weight is 541 g/mol. The van der Waals surface area contributed by atoms with Crippen LogP contribution in [0.1, 0.15) is 78.1 Å². The van der Waals surface area contributed by atoms with Crippen LogP contribution in [-0.4, -0.2) is 52.7 Å². The molecule has 1 N–H and O–H groups in total. The molecule has 1 aromatic carbocycles. The SMILES string of the molecule is CC(=O)O[C@H]1[C@@H](C)C[C@]2(O)C(=O)C(C)=CCC(C)(C)[C@H](OC(C)=O)C[C@@H](OC(=O)c3ccccc3)C(C)=C[C@@H]12. The van der Waals surface area contributed by atoms with Crippen molar-refractivity contribution in [3.8, 4) is 0 Å². The molecule has 2 aliphatic rings. The van der Waals surface area contributed by atoms with Gasteiger partial charge >= 0.3 is 17.9 Å². The molecule has 0 unspecified atom stereocenters. The van der Waals surface area contributed by atoms with Gasteiger partial charge in [0, 0.05) is 25.7 Å². The van der Waals surface area contributed by atoms with Crippen molar-refractivity contribution in [1.82, 2.24) is 0 Å². The number of benzene rings is 1. The van der Waals surface area contributed by atoms with Gasteiger partial charge in [0.2, 0.25) is 0 Å². The Bertz CT molecular complexity index is 1160. The van der Waals surface area contributed by atoms with Gasteiger partial charge in [-0.3, -0.25) is 14.4 Å². The van der Waals surface area contributed by atoms with Crippen LogP contribution in [0.3, 0.4) is 0 Å². The maximum absolute atomic E-state index is 13.7. The number of Topliss-reactive ketones (excluding diaryl/α,β-unsaturated/α-hetero) is 1. The highest BCUT2D eigenvalue weighted by Gasteiger charge is 2.56. The minimum atomic E-state index is -1.81. The summed E-state index contributed by atoms with van der Waals surface area (Å²) in [5, 5.41) is 11.8. The predicted molar refractivity (Wildman–Crippen MR) is 145 cm³/mol. The van der Waals surface area contributed by atoms with Gasteiger partial charge in [-0.05, 0) is 55.9 Å². The fourth-order valence-corrected chi connectivity index (χ4v) is 5.62. The number of fused-ring (bicyclic) bond motifs is 1. The largest absolute Gasteiger partial charge is 0.462 e. The second kappa shape index (κ2) is 11.9. The highest BCUT2D eigenvalue weighted by atomic mass is 16.6. The number of ether oxygens (including phenoxy) is 3. The normalized spacial score (nSPS) is 31.0. The predicted octanol–water partition coefficient (Wildman–Crippen LogP) is 4.74. The van der Waals surface area contributed by atoms with Gasteiger partial charge in [-0.15, -0.1) is 0 Å². The molecule has 0 radical (unpaired) electrons. The van der Waals surface area contributed by atoms with Crippen molar-refractivity contribution in [1.29, 1.82) is 0 Å². The lowest BCUT2D eigenvalue weighted by atomic mass is 9.76. The molecule has 1 fully saturated rings. The van der Waals surface area contributed by atoms with E-state index in [1.807, 2.05) is 20.8 Å². The highest BCUT2D eigenvalue weighted by Crippen LogP contribution is 2.46. The average Bonchev–Trinajstić information content (AvgIpc) is 3.09. The van der Waals surface area contributed by atoms with Gasteiger partial charge in [0.1, 0.15) is 23.9 Å². The number of rotatable bonds is 4. The van der Waals surface area contributed by atoms with Crippen LogP contribution in [-0.2, 0) is 28.6 Å². The fraction of sp³-hybridized carbons (Fsp3) is 0.548. The van der Waals surface area contributed by atoms with Crippen LogP contribution in [0.2, 0.25) is 0 Å². The Balaban J connectivity index is 2.16. The number of hydrogen-bond donors (Lipinski definition) is 1. The lowest BCUT2D eigenvalue weighted by Crippen LogP contribution is -2.46. The molecule has 212 valence electrons. The molecule has 0 saturated heterocycles. The smallest absolute Gasteiger partial charge is 0.338 e. The molecule has 1 aromatic rings. The summed E-state index contributed by atoms with van der Waals surface area (Å²) in [7, 11) is 0. The molecule has 3 rings (SSSR count). The summed E-state index contributed by atoms with van der Waals surface area (Å²) in [6.45, 7) is 11.7. The van der Waals surface area contributed by atoms with E-state index in [1.165, 1.54) is 13.8 Å². The van der Waals surface area contributed by atoms with Crippen LogP contribution in [0.25, 0.3) is 0 Å². The molecule has 0 aromatic heterocycles. The van der Waals surface area contributed by atoms with Gasteiger partial charge in [0.25, 0.3) is 0 Å². The van der Waals surface area contributed by atoms with E-state index >= 15 is 0 Å². The fourth-order valence-electron chi connectivity index (χ4n) is 5.62. The Hall–Kier alpha value is -3.26. The zero-order chi connectivity index (χ0) is 29.1. The molecule has 0 amide bonds. The number of carbonyl (C=O) groups is 4. The van der Waals surface area contributed by atoms with Crippen LogP contribution in [0.4, 0.5) is 0 Å². The molecule has 39 heavy (non-hydrogen) atoms. The van der Waals surface area contributed by atoms with E-state index in [0.717, 1.165) is 0 Å². The van der Waals surface area contributed by atoms with Gasteiger partial charge in [0.05, 0.1) is 11.5 Å². The number of allylic oxidation sites excluding steroid dienone is 1. The Labute approximate surface area is 230 Å². The monoisotopic (exact) mass is 540 g/mol. The minimum absolute atomic E-state index is 0.108. The van der Waals surface area contributed by atoms with E-state index in [-0.39, 0.29) is 18.8 Å². The van der Waals surface area contributed by atoms with E-state index in [1.54, 1.807) is 56.3 Å². The Kier molecular flexibility index (Phi) is 9.21. The third-order valence-electron chi connectivity index (χ3n) is 7.90. The van der Waals surface area contributed by atoms with Crippen molar-refractivity contribution in [3.63, 3.8) is 0 Å². The molecular weight excluding hydrogens is 500 g/mol. The zero-order valence-corrected chi connectivity index (χ0v) is 23.9. The standard InChI is InChI=1S/C31H40O8/c1-18-13-14-30(6,7)26(37-21(4)32)16-25(39-29(35)23-11-9-8-10-12-23)19(2)15-24-27(38-22(5)33)20(3)17-31(24,36)28(18)34/h8-13,15,20,24-27,36H,14,16-17H2,1-7H3/t20-,24-,25+,26+,27-,31+/m0/s1. The molecule has 0 aliphatic heterocycles. The Morgan fingerprint density at radius 1 is 0.974 bits per heavy atom. The lowest BCUT2D eigenvalue weighted by molar-refractivity contribution is -0.154. The Morgan fingerprint density at radius 3 is 2.18 bits per heavy atom. The van der Waals surface area contributed by atoms with E-state index in [4.69, 9.17) is 14.2 Å². The second-order valence-corrected chi connectivity index (χ2v) is 11.6. The molecule has 0 spiro atoms. The molecule has 8 nitrogen and oxygen atoms in total. The van der Waals surface area contributed by atoms with E-state index in [9.17, 15) is 24.3 Å². The van der Waals surface area contributed by atoms with Gasteiger partial charge in [0.15, 0.2) is 5.78 Å². The topological polar surface area (TPSA) is 116 Å². The maximum atomic E-state index is 13.7. The first kappa shape index (κ1) is 30.3. The van der Waals surface area contributed by atoms with Crippen LogP contribution >= 0.6 is 0 Å². The highest BCUT2D eigenvalue weighted by molar-refractivity contribution is 6.02. The summed E-state index contributed by atoms with van der Waals surface area (Å²) in [4.78, 5) is 50.9. The van der Waals surface area contributed by atoms with E-state index in [0.29, 0.717) is 23.1 Å². The van der Waals surface area contributed by atoms with Crippen LogP contribution in [0.5, 0.6) is 0 Å². The molecule has 0 bridgehead atoms. The molecule has 2 aliphatic carbocycles. The zero-order valence-electron chi connectivity index (χ0n) is 23.9. The van der Waals surface area contributed by atoms with Crippen molar-refractivity contribution in [2.24, 2.45) is 17.3 Å². The third-order valence-corrected chi connectivity index (χ3v) is 7.90. The van der Waals surface area contributed by atoms with Crippen LogP contribution < -0.4 is 0 Å². The van der Waals surface area contributed by atoms with Gasteiger partial charge < -0.3 is 19.3 Å². The van der Waals surface area contributed by atoms with Gasteiger partial charge in [-0.2, -0.15) is 0 Å². The minimum Gasteiger partial charge on any atom is -0.462 e. The Morgan fingerprint density at radius 2 is 1.59 bits per heavy atom. The molecule has 0 heterocycles. The number of carbonyl (C=O) groups excluding carboxylic acids is 4. The summed E-state index contributed by atoms with van der Waals surface area (Å²) in [6.07, 6.45) is 1.81. The molecule has 6 atom stereocenters. The third kappa shape index (κ3) is 6.85. The summed E-state index contributed by atoms with van der Waals surface area (Å²) in [6, 6.07) is 8.54. The van der Waals surface area contributed by atoms with Crippen molar-refractivity contribution in [3.05, 3.63) is 59.2 Å². The maximum Gasteiger partial charge on any atom is 0.338 e. The first-order valence-corrected chi connectivity index (χ1v) is 13.4. The summed E-state index contributed by atoms with van der Waals surface area (Å²) >= 11 is 0. The van der Waals surface area contributed by atoms with Crippen LogP contribution in [0, 0.1) is 17.3 Å². The number of hydrogen-bond acceptors (Lipinski definition) is 8. The van der Waals surface area contributed by atoms with Crippen molar-refractivity contribution < 1.29 is 38.5 Å². The lowest BCUT2D eigenvalue weighted by Gasteiger charge is -2.37. The van der Waals surface area contributed by atoms with Crippen LogP contribution in [0.15, 0.2) is 53.6 Å². The first-order valence-electron chi connectivity index (χ1n) is 13.4. The molecule has 1 saturated carbocycles. The number of aliphatic hydroxyl groups is 1. The van der Waals surface area contributed by atoms with E-state index in [2.05, 4.69) is 0 Å². The van der Waals surface area contributed by atoms with E-state index < -0.39 is 58.9 Å². The van der Waals surface area contributed by atoms with Crippen molar-refractivity contribution >= 4 is 23.7 Å². The quantitative estimate of drug-likeness (QED) is 0.331. The van der Waals surface area contributed by atoms with Crippen molar-refractivity contribution in [2.75, 3.05) is 0 Å². The van der Waals surface area contributed by atoms with Crippen molar-refractivity contribution in [2.45, 2.75) is 91.6 Å². The molecule has 8 heteroatoms. The van der Waals surface area contributed by atoms with Gasteiger partial charge in [-0.25, -0.2) is 4.79 Å². The summed E-state index contributed by atoms with van der Waals surface area (Å²) in [5.41, 5.74) is -1.15. The second-order valence-electron chi connectivity index (χ2n) is 11.6. The number of ketones is 1. The molecular formula is C31H40O8. The summed E-state index contributed by atoms with van der Waals surface area (Å²) in [5.74, 6) is -3.16. The summed E-state index contributed by atoms with van der Waals surface area (Å²) < 4.78 is 17.3. The first-order chi connectivity index (χ1) is 18.2.